The summed E-state index contributed by atoms with van der Waals surface area (Å²) in [5.41, 5.74) is 11.3. The van der Waals surface area contributed by atoms with E-state index < -0.39 is 5.97 Å². The van der Waals surface area contributed by atoms with E-state index in [4.69, 9.17) is 21.3 Å². The highest BCUT2D eigenvalue weighted by molar-refractivity contribution is 5.97. The quantitative estimate of drug-likeness (QED) is 0.625. The zero-order chi connectivity index (χ0) is 10.7. The number of rotatable bonds is 3. The van der Waals surface area contributed by atoms with Crippen molar-refractivity contribution in [3.63, 3.8) is 0 Å². The van der Waals surface area contributed by atoms with E-state index in [1.165, 1.54) is 12.1 Å². The summed E-state index contributed by atoms with van der Waals surface area (Å²) in [6.07, 6.45) is 0. The normalized spacial score (nSPS) is 9.79. The Kier molecular flexibility index (Phi) is 2.81. The molecular weight excluding hydrogens is 184 g/mol. The standard InChI is InChI=1S/C9H12N2O3/c1-2-14-5-3-6(9(12)13)8(11)7(10)4-5/h3-4H,2,10-11H2,1H3,(H,12,13). The molecule has 1 aromatic rings. The number of carbonyl (C=O) groups is 1. The Morgan fingerprint density at radius 3 is 2.64 bits per heavy atom. The first-order chi connectivity index (χ1) is 6.56. The predicted molar refractivity (Wildman–Crippen MR) is 53.4 cm³/mol. The fourth-order valence-corrected chi connectivity index (χ4v) is 1.08. The number of anilines is 2. The Labute approximate surface area is 81.3 Å². The molecule has 76 valence electrons. The Morgan fingerprint density at radius 2 is 2.14 bits per heavy atom. The van der Waals surface area contributed by atoms with Crippen LogP contribution in [0.15, 0.2) is 12.1 Å². The van der Waals surface area contributed by atoms with Crippen LogP contribution in [0.1, 0.15) is 17.3 Å². The first-order valence-corrected chi connectivity index (χ1v) is 4.11. The van der Waals surface area contributed by atoms with Gasteiger partial charge in [0.05, 0.1) is 23.5 Å². The highest BCUT2D eigenvalue weighted by Gasteiger charge is 2.12. The van der Waals surface area contributed by atoms with Crippen LogP contribution in [0.2, 0.25) is 0 Å². The number of nitrogens with two attached hydrogens (primary N) is 2. The van der Waals surface area contributed by atoms with Crippen LogP contribution >= 0.6 is 0 Å². The second-order valence-electron chi connectivity index (χ2n) is 2.71. The largest absolute Gasteiger partial charge is 0.494 e. The van der Waals surface area contributed by atoms with Gasteiger partial charge in [0, 0.05) is 6.07 Å². The van der Waals surface area contributed by atoms with Gasteiger partial charge < -0.3 is 21.3 Å². The van der Waals surface area contributed by atoms with E-state index in [1.807, 2.05) is 0 Å². The molecular formula is C9H12N2O3. The summed E-state index contributed by atoms with van der Waals surface area (Å²) in [6.45, 7) is 2.25. The minimum atomic E-state index is -1.12. The number of benzene rings is 1. The van der Waals surface area contributed by atoms with Gasteiger partial charge in [0.2, 0.25) is 0 Å². The fourth-order valence-electron chi connectivity index (χ4n) is 1.08. The third kappa shape index (κ3) is 1.87. The summed E-state index contributed by atoms with van der Waals surface area (Å²) < 4.78 is 5.13. The molecule has 1 aromatic carbocycles. The average Bonchev–Trinajstić information content (AvgIpc) is 2.11. The SMILES string of the molecule is CCOc1cc(N)c(N)c(C(=O)O)c1. The molecule has 0 aliphatic rings. The summed E-state index contributed by atoms with van der Waals surface area (Å²) >= 11 is 0. The van der Waals surface area contributed by atoms with Gasteiger partial charge in [-0.15, -0.1) is 0 Å². The Balaban J connectivity index is 3.21. The maximum absolute atomic E-state index is 10.7. The van der Waals surface area contributed by atoms with Gasteiger partial charge in [-0.2, -0.15) is 0 Å². The summed E-state index contributed by atoms with van der Waals surface area (Å²) in [7, 11) is 0. The molecule has 5 heteroatoms. The second-order valence-corrected chi connectivity index (χ2v) is 2.71. The Hall–Kier alpha value is -1.91. The second kappa shape index (κ2) is 3.87. The van der Waals surface area contributed by atoms with Crippen LogP contribution in [0, 0.1) is 0 Å². The van der Waals surface area contributed by atoms with Crippen molar-refractivity contribution in [3.8, 4) is 5.75 Å². The van der Waals surface area contributed by atoms with E-state index in [0.717, 1.165) is 0 Å². The van der Waals surface area contributed by atoms with Crippen molar-refractivity contribution in [2.45, 2.75) is 6.92 Å². The van der Waals surface area contributed by atoms with E-state index in [-0.39, 0.29) is 16.9 Å². The molecule has 0 heterocycles. The molecule has 0 bridgehead atoms. The van der Waals surface area contributed by atoms with Crippen molar-refractivity contribution in [1.82, 2.24) is 0 Å². The predicted octanol–water partition coefficient (Wildman–Crippen LogP) is 0.948. The molecule has 0 aliphatic heterocycles. The third-order valence-electron chi connectivity index (χ3n) is 1.73. The van der Waals surface area contributed by atoms with Gasteiger partial charge in [0.15, 0.2) is 0 Å². The molecule has 1 rings (SSSR count). The van der Waals surface area contributed by atoms with E-state index in [0.29, 0.717) is 12.4 Å². The number of carboxylic acid groups (broad SMARTS) is 1. The van der Waals surface area contributed by atoms with Crippen LogP contribution < -0.4 is 16.2 Å². The Bertz CT molecular complexity index is 363. The number of ether oxygens (including phenoxy) is 1. The lowest BCUT2D eigenvalue weighted by atomic mass is 10.1. The molecule has 0 fully saturated rings. The molecule has 0 atom stereocenters. The molecule has 0 unspecified atom stereocenters. The number of hydrogen-bond donors (Lipinski definition) is 3. The van der Waals surface area contributed by atoms with Gasteiger partial charge in [0.25, 0.3) is 0 Å². The van der Waals surface area contributed by atoms with Crippen molar-refractivity contribution in [2.75, 3.05) is 18.1 Å². The van der Waals surface area contributed by atoms with E-state index in [9.17, 15) is 4.79 Å². The van der Waals surface area contributed by atoms with Gasteiger partial charge >= 0.3 is 5.97 Å². The Morgan fingerprint density at radius 1 is 1.50 bits per heavy atom. The summed E-state index contributed by atoms with van der Waals surface area (Å²) in [6, 6.07) is 2.86. The van der Waals surface area contributed by atoms with E-state index in [1.54, 1.807) is 6.92 Å². The topological polar surface area (TPSA) is 98.6 Å². The van der Waals surface area contributed by atoms with Crippen LogP contribution in [0.5, 0.6) is 5.75 Å². The molecule has 5 N–H and O–H groups in total. The molecule has 0 aromatic heterocycles. The van der Waals surface area contributed by atoms with Crippen molar-refractivity contribution in [3.05, 3.63) is 17.7 Å². The number of nitrogen functional groups attached to an aromatic ring is 2. The lowest BCUT2D eigenvalue weighted by molar-refractivity contribution is 0.0697. The smallest absolute Gasteiger partial charge is 0.338 e. The first-order valence-electron chi connectivity index (χ1n) is 4.11. The van der Waals surface area contributed by atoms with Gasteiger partial charge in [-0.1, -0.05) is 0 Å². The molecule has 5 nitrogen and oxygen atoms in total. The van der Waals surface area contributed by atoms with Crippen molar-refractivity contribution in [1.29, 1.82) is 0 Å². The minimum Gasteiger partial charge on any atom is -0.494 e. The number of carboxylic acids is 1. The van der Waals surface area contributed by atoms with Gasteiger partial charge in [0.1, 0.15) is 5.75 Å². The van der Waals surface area contributed by atoms with Crippen LogP contribution in [0.3, 0.4) is 0 Å². The zero-order valence-corrected chi connectivity index (χ0v) is 7.78. The lowest BCUT2D eigenvalue weighted by Gasteiger charge is -2.08. The van der Waals surface area contributed by atoms with Crippen LogP contribution in [-0.4, -0.2) is 17.7 Å². The highest BCUT2D eigenvalue weighted by Crippen LogP contribution is 2.26. The maximum Gasteiger partial charge on any atom is 0.338 e. The van der Waals surface area contributed by atoms with Gasteiger partial charge in [-0.25, -0.2) is 4.79 Å². The van der Waals surface area contributed by atoms with Gasteiger partial charge in [-0.05, 0) is 13.0 Å². The van der Waals surface area contributed by atoms with Gasteiger partial charge in [-0.3, -0.25) is 0 Å². The van der Waals surface area contributed by atoms with Crippen LogP contribution in [-0.2, 0) is 0 Å². The minimum absolute atomic E-state index is 0.0338. The molecule has 0 saturated heterocycles. The lowest BCUT2D eigenvalue weighted by Crippen LogP contribution is -2.06. The summed E-state index contributed by atoms with van der Waals surface area (Å²) in [5, 5.41) is 8.79. The van der Waals surface area contributed by atoms with Crippen molar-refractivity contribution < 1.29 is 14.6 Å². The molecule has 0 spiro atoms. The maximum atomic E-state index is 10.7. The van der Waals surface area contributed by atoms with Crippen molar-refractivity contribution >= 4 is 17.3 Å². The molecule has 0 aliphatic carbocycles. The summed E-state index contributed by atoms with van der Waals surface area (Å²) in [4.78, 5) is 10.7. The summed E-state index contributed by atoms with van der Waals surface area (Å²) in [5.74, 6) is -0.702. The van der Waals surface area contributed by atoms with E-state index in [2.05, 4.69) is 0 Å². The number of aromatic carboxylic acids is 1. The van der Waals surface area contributed by atoms with Crippen LogP contribution in [0.4, 0.5) is 11.4 Å². The fraction of sp³-hybridized carbons (Fsp3) is 0.222. The number of hydrogen-bond acceptors (Lipinski definition) is 4. The van der Waals surface area contributed by atoms with Crippen LogP contribution in [0.25, 0.3) is 0 Å². The third-order valence-corrected chi connectivity index (χ3v) is 1.73. The first kappa shape index (κ1) is 10.2. The molecule has 0 amide bonds. The molecule has 0 radical (unpaired) electrons. The monoisotopic (exact) mass is 196 g/mol. The average molecular weight is 196 g/mol. The molecule has 14 heavy (non-hydrogen) atoms. The highest BCUT2D eigenvalue weighted by atomic mass is 16.5. The van der Waals surface area contributed by atoms with Crippen molar-refractivity contribution in [2.24, 2.45) is 0 Å². The van der Waals surface area contributed by atoms with E-state index >= 15 is 0 Å². The zero-order valence-electron chi connectivity index (χ0n) is 7.78. The molecule has 0 saturated carbocycles.